The summed E-state index contributed by atoms with van der Waals surface area (Å²) in [5.74, 6) is 0.716. The molecule has 0 aliphatic rings. The predicted molar refractivity (Wildman–Crippen MR) is 110 cm³/mol. The Morgan fingerprint density at radius 3 is 2.25 bits per heavy atom. The molecule has 28 heavy (non-hydrogen) atoms. The van der Waals surface area contributed by atoms with E-state index in [0.29, 0.717) is 30.8 Å². The molecule has 0 atom stereocenters. The van der Waals surface area contributed by atoms with Crippen LogP contribution in [0.25, 0.3) is 0 Å². The van der Waals surface area contributed by atoms with E-state index in [1.54, 1.807) is 24.3 Å². The van der Waals surface area contributed by atoms with Gasteiger partial charge in [-0.3, -0.25) is 4.79 Å². The molecule has 0 saturated carbocycles. The molecule has 0 unspecified atom stereocenters. The summed E-state index contributed by atoms with van der Waals surface area (Å²) in [5.41, 5.74) is 3.30. The van der Waals surface area contributed by atoms with Gasteiger partial charge in [-0.25, -0.2) is 0 Å². The number of benzene rings is 3. The highest BCUT2D eigenvalue weighted by Crippen LogP contribution is 2.17. The van der Waals surface area contributed by atoms with Crippen molar-refractivity contribution in [2.24, 2.45) is 0 Å². The Balaban J connectivity index is 1.39. The Hall–Kier alpha value is -3.78. The molecule has 5 heteroatoms. The minimum atomic E-state index is -0.0833. The molecule has 0 bridgehead atoms. The van der Waals surface area contributed by atoms with Crippen LogP contribution in [0.4, 0.5) is 11.4 Å². The third-order valence-electron chi connectivity index (χ3n) is 4.08. The fourth-order valence-electron chi connectivity index (χ4n) is 2.58. The number of hydrogen-bond acceptors (Lipinski definition) is 4. The summed E-state index contributed by atoms with van der Waals surface area (Å²) in [6, 6.07) is 26.5. The molecule has 0 aliphatic heterocycles. The Kier molecular flexibility index (Phi) is 6.64. The van der Waals surface area contributed by atoms with Gasteiger partial charge >= 0.3 is 0 Å². The number of anilines is 2. The van der Waals surface area contributed by atoms with E-state index in [4.69, 9.17) is 10.00 Å². The minimum absolute atomic E-state index is 0.0833. The van der Waals surface area contributed by atoms with Crippen molar-refractivity contribution in [1.29, 1.82) is 5.26 Å². The first-order valence-corrected chi connectivity index (χ1v) is 9.03. The highest BCUT2D eigenvalue weighted by atomic mass is 16.5. The van der Waals surface area contributed by atoms with E-state index in [9.17, 15) is 4.79 Å². The average molecular weight is 371 g/mol. The van der Waals surface area contributed by atoms with Gasteiger partial charge in [0.05, 0.1) is 11.6 Å². The number of nitriles is 1. The third-order valence-corrected chi connectivity index (χ3v) is 4.08. The lowest BCUT2D eigenvalue weighted by Crippen LogP contribution is -2.16. The Labute approximate surface area is 164 Å². The van der Waals surface area contributed by atoms with Crippen LogP contribution < -0.4 is 15.4 Å². The number of carbonyl (C=O) groups excluding carboxylic acids is 1. The first kappa shape index (κ1) is 19.0. The molecule has 0 heterocycles. The van der Waals surface area contributed by atoms with Gasteiger partial charge in [0, 0.05) is 24.3 Å². The summed E-state index contributed by atoms with van der Waals surface area (Å²) in [6.07, 6.45) is 0.340. The molecule has 0 aromatic heterocycles. The van der Waals surface area contributed by atoms with Crippen LogP contribution in [0.2, 0.25) is 0 Å². The molecule has 5 nitrogen and oxygen atoms in total. The molecule has 3 rings (SSSR count). The molecular formula is C23H21N3O2. The average Bonchev–Trinajstić information content (AvgIpc) is 2.74. The van der Waals surface area contributed by atoms with Crippen LogP contribution >= 0.6 is 0 Å². The SMILES string of the molecule is N#Cc1ccc(NC(=O)CCNc2ccc(OCc3ccccc3)cc2)cc1. The van der Waals surface area contributed by atoms with Gasteiger partial charge in [-0.05, 0) is 54.1 Å². The van der Waals surface area contributed by atoms with E-state index in [0.717, 1.165) is 17.0 Å². The third kappa shape index (κ3) is 5.89. The summed E-state index contributed by atoms with van der Waals surface area (Å²) in [7, 11) is 0. The van der Waals surface area contributed by atoms with Crippen LogP contribution in [0.3, 0.4) is 0 Å². The molecule has 0 saturated heterocycles. The van der Waals surface area contributed by atoms with E-state index >= 15 is 0 Å². The quantitative estimate of drug-likeness (QED) is 0.608. The van der Waals surface area contributed by atoms with Crippen LogP contribution in [0.1, 0.15) is 17.5 Å². The molecule has 0 radical (unpaired) electrons. The molecule has 0 spiro atoms. The van der Waals surface area contributed by atoms with E-state index < -0.39 is 0 Å². The number of ether oxygens (including phenoxy) is 1. The van der Waals surface area contributed by atoms with Crippen LogP contribution in [-0.4, -0.2) is 12.5 Å². The summed E-state index contributed by atoms with van der Waals surface area (Å²) >= 11 is 0. The highest BCUT2D eigenvalue weighted by molar-refractivity contribution is 5.91. The van der Waals surface area contributed by atoms with Crippen molar-refractivity contribution in [1.82, 2.24) is 0 Å². The topological polar surface area (TPSA) is 74.2 Å². The molecule has 3 aromatic carbocycles. The predicted octanol–water partition coefficient (Wildman–Crippen LogP) is 4.58. The monoisotopic (exact) mass is 371 g/mol. The maximum absolute atomic E-state index is 12.0. The zero-order valence-corrected chi connectivity index (χ0v) is 15.4. The van der Waals surface area contributed by atoms with Crippen molar-refractivity contribution < 1.29 is 9.53 Å². The molecule has 3 aromatic rings. The smallest absolute Gasteiger partial charge is 0.226 e. The summed E-state index contributed by atoms with van der Waals surface area (Å²) < 4.78 is 5.76. The Morgan fingerprint density at radius 2 is 1.57 bits per heavy atom. The highest BCUT2D eigenvalue weighted by Gasteiger charge is 2.03. The lowest BCUT2D eigenvalue weighted by Gasteiger charge is -2.09. The number of rotatable bonds is 8. The molecular weight excluding hydrogens is 350 g/mol. The Morgan fingerprint density at radius 1 is 0.893 bits per heavy atom. The van der Waals surface area contributed by atoms with Gasteiger partial charge in [-0.1, -0.05) is 30.3 Å². The van der Waals surface area contributed by atoms with Gasteiger partial charge in [0.15, 0.2) is 0 Å². The van der Waals surface area contributed by atoms with Crippen molar-refractivity contribution in [2.45, 2.75) is 13.0 Å². The molecule has 140 valence electrons. The van der Waals surface area contributed by atoms with Crippen LogP contribution in [0, 0.1) is 11.3 Å². The second-order valence-corrected chi connectivity index (χ2v) is 6.21. The number of carbonyl (C=O) groups is 1. The second-order valence-electron chi connectivity index (χ2n) is 6.21. The second kappa shape index (κ2) is 9.79. The normalized spacial score (nSPS) is 9.96. The molecule has 2 N–H and O–H groups in total. The minimum Gasteiger partial charge on any atom is -0.489 e. The standard InChI is InChI=1S/C23H21N3O2/c24-16-18-6-8-21(9-7-18)26-23(27)14-15-25-20-10-12-22(13-11-20)28-17-19-4-2-1-3-5-19/h1-13,25H,14-15,17H2,(H,26,27). The van der Waals surface area contributed by atoms with Crippen molar-refractivity contribution >= 4 is 17.3 Å². The Bertz CT molecular complexity index is 930. The van der Waals surface area contributed by atoms with Crippen molar-refractivity contribution in [3.8, 4) is 11.8 Å². The zero-order valence-electron chi connectivity index (χ0n) is 15.4. The number of hydrogen-bond donors (Lipinski definition) is 2. The summed E-state index contributed by atoms with van der Waals surface area (Å²) in [5, 5.41) is 14.8. The van der Waals surface area contributed by atoms with E-state index in [2.05, 4.69) is 10.6 Å². The maximum atomic E-state index is 12.0. The van der Waals surface area contributed by atoms with Crippen LogP contribution in [-0.2, 0) is 11.4 Å². The molecule has 0 fully saturated rings. The molecule has 1 amide bonds. The first-order chi connectivity index (χ1) is 13.7. The zero-order chi connectivity index (χ0) is 19.6. The van der Waals surface area contributed by atoms with Gasteiger partial charge in [-0.2, -0.15) is 5.26 Å². The molecule has 0 aliphatic carbocycles. The van der Waals surface area contributed by atoms with E-state index in [1.807, 2.05) is 60.7 Å². The van der Waals surface area contributed by atoms with Gasteiger partial charge in [0.25, 0.3) is 0 Å². The fourth-order valence-corrected chi connectivity index (χ4v) is 2.58. The van der Waals surface area contributed by atoms with Crippen LogP contribution in [0.5, 0.6) is 5.75 Å². The summed E-state index contributed by atoms with van der Waals surface area (Å²) in [6.45, 7) is 1.05. The van der Waals surface area contributed by atoms with Gasteiger partial charge in [-0.15, -0.1) is 0 Å². The van der Waals surface area contributed by atoms with Gasteiger partial charge in [0.2, 0.25) is 5.91 Å². The van der Waals surface area contributed by atoms with Crippen molar-refractivity contribution in [3.05, 3.63) is 90.0 Å². The van der Waals surface area contributed by atoms with Gasteiger partial charge in [0.1, 0.15) is 12.4 Å². The van der Waals surface area contributed by atoms with Crippen LogP contribution in [0.15, 0.2) is 78.9 Å². The fraction of sp³-hybridized carbons (Fsp3) is 0.130. The number of amides is 1. The first-order valence-electron chi connectivity index (χ1n) is 9.03. The largest absolute Gasteiger partial charge is 0.489 e. The lowest BCUT2D eigenvalue weighted by atomic mass is 10.2. The summed E-state index contributed by atoms with van der Waals surface area (Å²) in [4.78, 5) is 12.0. The maximum Gasteiger partial charge on any atom is 0.226 e. The number of nitrogens with zero attached hydrogens (tertiary/aromatic N) is 1. The van der Waals surface area contributed by atoms with E-state index in [1.165, 1.54) is 0 Å². The lowest BCUT2D eigenvalue weighted by molar-refractivity contribution is -0.115. The van der Waals surface area contributed by atoms with Crippen molar-refractivity contribution in [3.63, 3.8) is 0 Å². The van der Waals surface area contributed by atoms with E-state index in [-0.39, 0.29) is 5.91 Å². The van der Waals surface area contributed by atoms with Crippen molar-refractivity contribution in [2.75, 3.05) is 17.2 Å². The van der Waals surface area contributed by atoms with Gasteiger partial charge < -0.3 is 15.4 Å². The number of nitrogens with one attached hydrogen (secondary N) is 2.